The number of benzene rings is 2. The first-order chi connectivity index (χ1) is 18.5. The Morgan fingerprint density at radius 1 is 1.05 bits per heavy atom. The number of nitrogens with zero attached hydrogens (tertiary/aromatic N) is 5. The van der Waals surface area contributed by atoms with E-state index in [1.165, 1.54) is 6.07 Å². The molecule has 3 aromatic heterocycles. The molecule has 0 fully saturated rings. The first-order valence-electron chi connectivity index (χ1n) is 11.9. The first-order valence-corrected chi connectivity index (χ1v) is 12.3. The number of anilines is 2. The summed E-state index contributed by atoms with van der Waals surface area (Å²) in [6, 6.07) is 20.3. The molecule has 0 amide bonds. The molecule has 5 rings (SSSR count). The lowest BCUT2D eigenvalue weighted by Crippen LogP contribution is -2.10. The van der Waals surface area contributed by atoms with Crippen LogP contribution in [-0.2, 0) is 13.0 Å². The molecule has 0 atom stereocenters. The van der Waals surface area contributed by atoms with Crippen molar-refractivity contribution in [1.29, 1.82) is 0 Å². The first kappa shape index (κ1) is 25.0. The molecule has 0 saturated carbocycles. The second-order valence-corrected chi connectivity index (χ2v) is 8.99. The number of pyridine rings is 1. The number of nitrogens with two attached hydrogens (primary N) is 1. The zero-order valence-corrected chi connectivity index (χ0v) is 21.0. The van der Waals surface area contributed by atoms with Crippen molar-refractivity contribution in [2.75, 3.05) is 17.6 Å². The van der Waals surface area contributed by atoms with Crippen molar-refractivity contribution < 1.29 is 9.66 Å². The second kappa shape index (κ2) is 11.1. The van der Waals surface area contributed by atoms with Crippen LogP contribution in [0, 0.1) is 10.1 Å². The highest BCUT2D eigenvalue weighted by Crippen LogP contribution is 2.25. The van der Waals surface area contributed by atoms with E-state index in [2.05, 4.69) is 15.3 Å². The smallest absolute Gasteiger partial charge is 0.311 e. The van der Waals surface area contributed by atoms with Crippen LogP contribution in [0.2, 0.25) is 5.02 Å². The van der Waals surface area contributed by atoms with E-state index in [9.17, 15) is 10.1 Å². The molecule has 0 saturated heterocycles. The summed E-state index contributed by atoms with van der Waals surface area (Å²) in [4.78, 5) is 23.8. The van der Waals surface area contributed by atoms with Crippen LogP contribution in [0.15, 0.2) is 79.1 Å². The highest BCUT2D eigenvalue weighted by molar-refractivity contribution is 6.30. The normalized spacial score (nSPS) is 11.0. The molecule has 0 spiro atoms. The zero-order chi connectivity index (χ0) is 26.5. The van der Waals surface area contributed by atoms with Crippen LogP contribution in [0.3, 0.4) is 0 Å². The van der Waals surface area contributed by atoms with E-state index in [0.29, 0.717) is 36.2 Å². The van der Waals surface area contributed by atoms with E-state index in [-0.39, 0.29) is 11.5 Å². The fourth-order valence-electron chi connectivity index (χ4n) is 3.94. The van der Waals surface area contributed by atoms with Gasteiger partial charge in [0, 0.05) is 47.4 Å². The highest BCUT2D eigenvalue weighted by atomic mass is 35.5. The molecule has 0 aliphatic carbocycles. The molecule has 192 valence electrons. The van der Waals surface area contributed by atoms with Gasteiger partial charge in [0.25, 0.3) is 0 Å². The Hall–Kier alpha value is -4.70. The number of fused-ring (bicyclic) bond motifs is 1. The lowest BCUT2D eigenvalue weighted by molar-refractivity contribution is -0.384. The van der Waals surface area contributed by atoms with Crippen molar-refractivity contribution >= 4 is 34.7 Å². The summed E-state index contributed by atoms with van der Waals surface area (Å²) >= 11 is 5.94. The van der Waals surface area contributed by atoms with Gasteiger partial charge in [0.2, 0.25) is 11.8 Å². The van der Waals surface area contributed by atoms with Crippen molar-refractivity contribution in [3.05, 3.63) is 106 Å². The maximum atomic E-state index is 10.9. The number of aromatic nitrogens is 4. The Labute approximate surface area is 223 Å². The van der Waals surface area contributed by atoms with Gasteiger partial charge in [-0.3, -0.25) is 14.5 Å². The van der Waals surface area contributed by atoms with Crippen LogP contribution < -0.4 is 15.8 Å². The van der Waals surface area contributed by atoms with Crippen LogP contribution in [0.1, 0.15) is 17.7 Å². The SMILES string of the molecule is Nc1nc(CCCNc2nc(-c3ccc(OCc4ccc(Cl)cc4)cc3)cc3nccn23)ccc1[N+](=O)[O-]. The zero-order valence-electron chi connectivity index (χ0n) is 20.3. The van der Waals surface area contributed by atoms with E-state index in [4.69, 9.17) is 27.1 Å². The van der Waals surface area contributed by atoms with Crippen molar-refractivity contribution in [2.24, 2.45) is 0 Å². The van der Waals surface area contributed by atoms with Gasteiger partial charge in [0.15, 0.2) is 0 Å². The van der Waals surface area contributed by atoms with Gasteiger partial charge in [-0.25, -0.2) is 15.0 Å². The molecule has 5 aromatic rings. The molecule has 3 N–H and O–H groups in total. The quantitative estimate of drug-likeness (QED) is 0.136. The van der Waals surface area contributed by atoms with Gasteiger partial charge in [-0.1, -0.05) is 23.7 Å². The summed E-state index contributed by atoms with van der Waals surface area (Å²) in [5.41, 5.74) is 9.73. The summed E-state index contributed by atoms with van der Waals surface area (Å²) in [5, 5.41) is 15.0. The maximum absolute atomic E-state index is 10.9. The summed E-state index contributed by atoms with van der Waals surface area (Å²) < 4.78 is 7.78. The largest absolute Gasteiger partial charge is 0.489 e. The number of nitro groups is 1. The molecular weight excluding hydrogens is 506 g/mol. The van der Waals surface area contributed by atoms with Crippen LogP contribution in [0.5, 0.6) is 5.75 Å². The number of rotatable bonds is 10. The predicted octanol–water partition coefficient (Wildman–Crippen LogP) is 5.56. The number of nitrogen functional groups attached to an aromatic ring is 1. The van der Waals surface area contributed by atoms with Gasteiger partial charge in [0.05, 0.1) is 10.6 Å². The average molecular weight is 530 g/mol. The molecule has 0 aliphatic heterocycles. The van der Waals surface area contributed by atoms with Crippen LogP contribution in [-0.4, -0.2) is 30.8 Å². The van der Waals surface area contributed by atoms with Crippen molar-refractivity contribution in [3.8, 4) is 17.0 Å². The number of halogens is 1. The van der Waals surface area contributed by atoms with Gasteiger partial charge in [-0.2, -0.15) is 0 Å². The van der Waals surface area contributed by atoms with Gasteiger partial charge in [-0.05, 0) is 60.9 Å². The molecule has 3 heterocycles. The molecule has 10 nitrogen and oxygen atoms in total. The molecule has 0 unspecified atom stereocenters. The Kier molecular flexibility index (Phi) is 7.32. The van der Waals surface area contributed by atoms with E-state index < -0.39 is 4.92 Å². The summed E-state index contributed by atoms with van der Waals surface area (Å²) in [6.07, 6.45) is 4.91. The number of ether oxygens (including phenoxy) is 1. The molecule has 0 radical (unpaired) electrons. The van der Waals surface area contributed by atoms with Crippen LogP contribution >= 0.6 is 11.6 Å². The lowest BCUT2D eigenvalue weighted by Gasteiger charge is -2.11. The van der Waals surface area contributed by atoms with E-state index in [0.717, 1.165) is 34.6 Å². The van der Waals surface area contributed by atoms with Crippen LogP contribution in [0.4, 0.5) is 17.5 Å². The fraction of sp³-hybridized carbons (Fsp3) is 0.148. The van der Waals surface area contributed by atoms with Gasteiger partial charge < -0.3 is 15.8 Å². The molecule has 38 heavy (non-hydrogen) atoms. The number of imidazole rings is 1. The number of aryl methyl sites for hydroxylation is 1. The van der Waals surface area contributed by atoms with Gasteiger partial charge in [-0.15, -0.1) is 0 Å². The Morgan fingerprint density at radius 3 is 2.58 bits per heavy atom. The molecule has 11 heteroatoms. The summed E-state index contributed by atoms with van der Waals surface area (Å²) in [5.74, 6) is 1.34. The van der Waals surface area contributed by atoms with E-state index >= 15 is 0 Å². The van der Waals surface area contributed by atoms with E-state index in [1.807, 2.05) is 65.2 Å². The third-order valence-corrected chi connectivity index (χ3v) is 6.16. The standard InChI is InChI=1S/C27H24ClN7O3/c28-20-7-3-18(4-8-20)17-38-22-10-5-19(6-11-22)23-16-25-30-14-15-34(25)27(33-23)31-13-1-2-21-9-12-24(35(36)37)26(29)32-21/h3-12,14-16H,1-2,13,17H2,(H2,29,32)(H,31,33). The Bertz CT molecular complexity index is 1570. The molecular formula is C27H24ClN7O3. The Morgan fingerprint density at radius 2 is 1.84 bits per heavy atom. The lowest BCUT2D eigenvalue weighted by atomic mass is 10.1. The average Bonchev–Trinajstić information content (AvgIpc) is 3.40. The third kappa shape index (κ3) is 5.81. The second-order valence-electron chi connectivity index (χ2n) is 8.55. The third-order valence-electron chi connectivity index (χ3n) is 5.91. The van der Waals surface area contributed by atoms with Crippen molar-refractivity contribution in [3.63, 3.8) is 0 Å². The summed E-state index contributed by atoms with van der Waals surface area (Å²) in [7, 11) is 0. The van der Waals surface area contributed by atoms with Crippen molar-refractivity contribution in [1.82, 2.24) is 19.4 Å². The fourth-order valence-corrected chi connectivity index (χ4v) is 4.06. The topological polar surface area (TPSA) is 134 Å². The van der Waals surface area contributed by atoms with Crippen molar-refractivity contribution in [2.45, 2.75) is 19.4 Å². The van der Waals surface area contributed by atoms with Gasteiger partial charge in [0.1, 0.15) is 18.0 Å². The summed E-state index contributed by atoms with van der Waals surface area (Å²) in [6.45, 7) is 1.06. The molecule has 2 aromatic carbocycles. The minimum atomic E-state index is -0.537. The monoisotopic (exact) mass is 529 g/mol. The van der Waals surface area contributed by atoms with E-state index in [1.54, 1.807) is 12.3 Å². The Balaban J connectivity index is 1.23. The number of hydrogen-bond acceptors (Lipinski definition) is 8. The highest BCUT2D eigenvalue weighted by Gasteiger charge is 2.13. The van der Waals surface area contributed by atoms with Gasteiger partial charge >= 0.3 is 5.69 Å². The molecule has 0 bridgehead atoms. The van der Waals surface area contributed by atoms with Crippen LogP contribution in [0.25, 0.3) is 16.9 Å². The maximum Gasteiger partial charge on any atom is 0.311 e. The minimum absolute atomic E-state index is 0.0728. The number of hydrogen-bond donors (Lipinski definition) is 2. The number of nitrogens with one attached hydrogen (secondary N) is 1. The molecule has 0 aliphatic rings. The predicted molar refractivity (Wildman–Crippen MR) is 146 cm³/mol. The minimum Gasteiger partial charge on any atom is -0.489 e.